The van der Waals surface area contributed by atoms with Gasteiger partial charge in [-0.05, 0) is 31.5 Å². The zero-order valence-corrected chi connectivity index (χ0v) is 10.1. The molecule has 90 valence electrons. The maximum atomic E-state index is 12.2. The molecular weight excluding hydrogens is 228 g/mol. The summed E-state index contributed by atoms with van der Waals surface area (Å²) in [5.41, 5.74) is 3.57. The molecule has 18 heavy (non-hydrogen) atoms. The molecule has 0 spiro atoms. The van der Waals surface area contributed by atoms with Crippen molar-refractivity contribution in [1.82, 2.24) is 19.5 Å². The van der Waals surface area contributed by atoms with Crippen LogP contribution >= 0.6 is 0 Å². The number of fused-ring (bicyclic) bond motifs is 1. The lowest BCUT2D eigenvalue weighted by Gasteiger charge is -1.99. The van der Waals surface area contributed by atoms with Crippen molar-refractivity contribution in [2.45, 2.75) is 13.8 Å². The Bertz CT molecular complexity index is 738. The highest BCUT2D eigenvalue weighted by Gasteiger charge is 2.14. The number of benzene rings is 1. The van der Waals surface area contributed by atoms with Gasteiger partial charge in [0.25, 0.3) is 5.91 Å². The summed E-state index contributed by atoms with van der Waals surface area (Å²) in [6.07, 6.45) is 3.14. The van der Waals surface area contributed by atoms with Crippen LogP contribution in [-0.4, -0.2) is 25.4 Å². The summed E-state index contributed by atoms with van der Waals surface area (Å²) >= 11 is 0. The number of hydrogen-bond donors (Lipinski definition) is 1. The Morgan fingerprint density at radius 1 is 1.33 bits per heavy atom. The molecule has 0 saturated carbocycles. The first-order chi connectivity index (χ1) is 8.65. The number of aryl methyl sites for hydroxylation is 2. The van der Waals surface area contributed by atoms with Gasteiger partial charge in [-0.1, -0.05) is 6.07 Å². The Kier molecular flexibility index (Phi) is 2.26. The molecule has 0 fully saturated rings. The van der Waals surface area contributed by atoms with Gasteiger partial charge in [-0.25, -0.2) is 9.97 Å². The number of carbonyl (C=O) groups excluding carboxylic acids is 1. The summed E-state index contributed by atoms with van der Waals surface area (Å²) in [7, 11) is 0. The second-order valence-corrected chi connectivity index (χ2v) is 4.32. The van der Waals surface area contributed by atoms with Crippen molar-refractivity contribution in [1.29, 1.82) is 0 Å². The Morgan fingerprint density at radius 2 is 2.17 bits per heavy atom. The smallest absolute Gasteiger partial charge is 0.299 e. The van der Waals surface area contributed by atoms with E-state index in [9.17, 15) is 4.79 Å². The Balaban J connectivity index is 2.10. The minimum atomic E-state index is -0.196. The largest absolute Gasteiger partial charge is 0.334 e. The van der Waals surface area contributed by atoms with Crippen LogP contribution in [-0.2, 0) is 0 Å². The van der Waals surface area contributed by atoms with E-state index in [1.165, 1.54) is 10.9 Å². The highest BCUT2D eigenvalue weighted by molar-refractivity contribution is 5.96. The molecule has 0 bridgehead atoms. The summed E-state index contributed by atoms with van der Waals surface area (Å²) in [4.78, 5) is 23.5. The van der Waals surface area contributed by atoms with Gasteiger partial charge in [0.15, 0.2) is 5.82 Å². The minimum absolute atomic E-state index is 0.196. The normalized spacial score (nSPS) is 11.0. The molecule has 2 aromatic heterocycles. The van der Waals surface area contributed by atoms with Crippen LogP contribution in [0, 0.1) is 13.8 Å². The number of aromatic amines is 1. The van der Waals surface area contributed by atoms with E-state index >= 15 is 0 Å². The summed E-state index contributed by atoms with van der Waals surface area (Å²) in [5, 5.41) is 0. The van der Waals surface area contributed by atoms with E-state index in [0.29, 0.717) is 5.82 Å². The molecule has 0 unspecified atom stereocenters. The third-order valence-electron chi connectivity index (χ3n) is 2.88. The monoisotopic (exact) mass is 240 g/mol. The number of nitrogens with zero attached hydrogens (tertiary/aromatic N) is 3. The predicted octanol–water partition coefficient (Wildman–Crippen LogP) is 2.06. The average Bonchev–Trinajstić information content (AvgIpc) is 2.93. The molecule has 0 saturated heterocycles. The highest BCUT2D eigenvalue weighted by Crippen LogP contribution is 2.14. The number of rotatable bonds is 1. The van der Waals surface area contributed by atoms with E-state index in [-0.39, 0.29) is 5.91 Å². The van der Waals surface area contributed by atoms with Gasteiger partial charge in [0.1, 0.15) is 6.33 Å². The van der Waals surface area contributed by atoms with E-state index in [1.807, 2.05) is 32.0 Å². The molecule has 0 aliphatic rings. The van der Waals surface area contributed by atoms with Gasteiger partial charge < -0.3 is 4.98 Å². The van der Waals surface area contributed by atoms with E-state index in [1.54, 1.807) is 6.20 Å². The fourth-order valence-electron chi connectivity index (χ4n) is 1.90. The molecule has 1 aromatic carbocycles. The van der Waals surface area contributed by atoms with Crippen LogP contribution < -0.4 is 0 Å². The van der Waals surface area contributed by atoms with Crippen molar-refractivity contribution in [2.24, 2.45) is 0 Å². The molecule has 2 heterocycles. The van der Waals surface area contributed by atoms with Gasteiger partial charge in [-0.15, -0.1) is 0 Å². The molecule has 5 heteroatoms. The lowest BCUT2D eigenvalue weighted by atomic mass is 10.2. The van der Waals surface area contributed by atoms with Crippen LogP contribution in [0.3, 0.4) is 0 Å². The lowest BCUT2D eigenvalue weighted by molar-refractivity contribution is 0.0949. The predicted molar refractivity (Wildman–Crippen MR) is 67.5 cm³/mol. The molecule has 0 radical (unpaired) electrons. The van der Waals surface area contributed by atoms with Crippen LogP contribution in [0.15, 0.2) is 30.7 Å². The zero-order chi connectivity index (χ0) is 12.7. The molecule has 3 aromatic rings. The topological polar surface area (TPSA) is 63.6 Å². The van der Waals surface area contributed by atoms with Gasteiger partial charge in [-0.2, -0.15) is 0 Å². The average molecular weight is 240 g/mol. The van der Waals surface area contributed by atoms with E-state index in [0.717, 1.165) is 22.3 Å². The number of nitrogens with one attached hydrogen (secondary N) is 1. The minimum Gasteiger partial charge on any atom is -0.334 e. The summed E-state index contributed by atoms with van der Waals surface area (Å²) in [6, 6.07) is 5.86. The first-order valence-electron chi connectivity index (χ1n) is 5.65. The second kappa shape index (κ2) is 3.80. The maximum Gasteiger partial charge on any atom is 0.299 e. The lowest BCUT2D eigenvalue weighted by Crippen LogP contribution is -2.13. The molecular formula is C13H12N4O. The van der Waals surface area contributed by atoms with Crippen LogP contribution in [0.1, 0.15) is 21.9 Å². The standard InChI is InChI=1S/C13H12N4O/c1-8-3-4-10-11(5-8)16-12(15-10)13(18)17-7-14-6-9(17)2/h3-7H,1-2H3,(H,15,16). The molecule has 0 amide bonds. The fourth-order valence-corrected chi connectivity index (χ4v) is 1.90. The second-order valence-electron chi connectivity index (χ2n) is 4.32. The first-order valence-corrected chi connectivity index (χ1v) is 5.65. The Labute approximate surface area is 103 Å². The van der Waals surface area contributed by atoms with Gasteiger partial charge >= 0.3 is 0 Å². The number of aromatic nitrogens is 4. The van der Waals surface area contributed by atoms with Crippen molar-refractivity contribution in [3.05, 3.63) is 47.8 Å². The van der Waals surface area contributed by atoms with E-state index in [4.69, 9.17) is 0 Å². The summed E-state index contributed by atoms with van der Waals surface area (Å²) in [5.74, 6) is 0.135. The van der Waals surface area contributed by atoms with Crippen molar-refractivity contribution in [3.63, 3.8) is 0 Å². The number of carbonyl (C=O) groups is 1. The SMILES string of the molecule is Cc1ccc2[nH]c(C(=O)n3cncc3C)nc2c1. The van der Waals surface area contributed by atoms with Gasteiger partial charge in [0.2, 0.25) is 0 Å². The quantitative estimate of drug-likeness (QED) is 0.708. The highest BCUT2D eigenvalue weighted by atomic mass is 16.2. The summed E-state index contributed by atoms with van der Waals surface area (Å²) in [6.45, 7) is 3.83. The number of hydrogen-bond acceptors (Lipinski definition) is 3. The molecule has 3 rings (SSSR count). The van der Waals surface area contributed by atoms with Crippen molar-refractivity contribution in [3.8, 4) is 0 Å². The van der Waals surface area contributed by atoms with Crippen LogP contribution in [0.5, 0.6) is 0 Å². The molecule has 0 atom stereocenters. The Morgan fingerprint density at radius 3 is 2.89 bits per heavy atom. The van der Waals surface area contributed by atoms with Gasteiger partial charge in [-0.3, -0.25) is 9.36 Å². The van der Waals surface area contributed by atoms with E-state index < -0.39 is 0 Å². The van der Waals surface area contributed by atoms with Crippen LogP contribution in [0.2, 0.25) is 0 Å². The molecule has 1 N–H and O–H groups in total. The van der Waals surface area contributed by atoms with Crippen LogP contribution in [0.25, 0.3) is 11.0 Å². The van der Waals surface area contributed by atoms with Crippen molar-refractivity contribution in [2.75, 3.05) is 0 Å². The summed E-state index contributed by atoms with van der Waals surface area (Å²) < 4.78 is 1.48. The van der Waals surface area contributed by atoms with Gasteiger partial charge in [0.05, 0.1) is 11.0 Å². The maximum absolute atomic E-state index is 12.2. The van der Waals surface area contributed by atoms with Crippen molar-refractivity contribution >= 4 is 16.9 Å². The third-order valence-corrected chi connectivity index (χ3v) is 2.88. The Hall–Kier alpha value is -2.43. The third kappa shape index (κ3) is 1.60. The zero-order valence-electron chi connectivity index (χ0n) is 10.1. The molecule has 5 nitrogen and oxygen atoms in total. The molecule has 0 aliphatic heterocycles. The molecule has 0 aliphatic carbocycles. The fraction of sp³-hybridized carbons (Fsp3) is 0.154. The number of imidazole rings is 2. The number of H-pyrrole nitrogens is 1. The van der Waals surface area contributed by atoms with E-state index in [2.05, 4.69) is 15.0 Å². The first kappa shape index (κ1) is 10.7. The van der Waals surface area contributed by atoms with Gasteiger partial charge in [0, 0.05) is 11.9 Å². The van der Waals surface area contributed by atoms with Crippen LogP contribution in [0.4, 0.5) is 0 Å². The van der Waals surface area contributed by atoms with Crippen molar-refractivity contribution < 1.29 is 4.79 Å².